The van der Waals surface area contributed by atoms with Crippen LogP contribution in [0, 0.1) is 12.8 Å². The molecule has 0 aromatic heterocycles. The quantitative estimate of drug-likeness (QED) is 0.813. The molecule has 0 radical (unpaired) electrons. The molecule has 2 rings (SSSR count). The van der Waals surface area contributed by atoms with Crippen LogP contribution in [0.5, 0.6) is 5.75 Å². The van der Waals surface area contributed by atoms with Crippen molar-refractivity contribution in [1.82, 2.24) is 5.32 Å². The molecule has 2 heteroatoms. The number of aryl methyl sites for hydroxylation is 1. The van der Waals surface area contributed by atoms with E-state index in [4.69, 9.17) is 0 Å². The highest BCUT2D eigenvalue weighted by molar-refractivity contribution is 5.35. The molecule has 1 unspecified atom stereocenters. The fraction of sp³-hybridized carbons (Fsp3) is 0.368. The minimum atomic E-state index is 0.311. The largest absolute Gasteiger partial charge is 0.508 e. The molecule has 0 fully saturated rings. The molecule has 2 N–H and O–H groups in total. The van der Waals surface area contributed by atoms with Gasteiger partial charge in [-0.05, 0) is 30.9 Å². The van der Waals surface area contributed by atoms with Crippen molar-refractivity contribution in [3.8, 4) is 5.75 Å². The Morgan fingerprint density at radius 3 is 2.43 bits per heavy atom. The lowest BCUT2D eigenvalue weighted by molar-refractivity contribution is 0.418. The molecule has 0 saturated carbocycles. The van der Waals surface area contributed by atoms with Crippen LogP contribution in [0.2, 0.25) is 0 Å². The summed E-state index contributed by atoms with van der Waals surface area (Å²) in [6.07, 6.45) is 1.08. The predicted octanol–water partition coefficient (Wildman–Crippen LogP) is 4.58. The summed E-state index contributed by atoms with van der Waals surface area (Å²) in [7, 11) is 0. The lowest BCUT2D eigenvalue weighted by Crippen LogP contribution is -2.22. The predicted molar refractivity (Wildman–Crippen MR) is 88.3 cm³/mol. The molecular formula is C19H25NO. The van der Waals surface area contributed by atoms with Gasteiger partial charge >= 0.3 is 0 Å². The van der Waals surface area contributed by atoms with E-state index in [-0.39, 0.29) is 0 Å². The lowest BCUT2D eigenvalue weighted by atomic mass is 9.96. The Balaban J connectivity index is 2.10. The summed E-state index contributed by atoms with van der Waals surface area (Å²) >= 11 is 0. The van der Waals surface area contributed by atoms with Gasteiger partial charge in [0.2, 0.25) is 0 Å². The first-order valence-corrected chi connectivity index (χ1v) is 7.63. The first-order valence-electron chi connectivity index (χ1n) is 7.63. The molecule has 21 heavy (non-hydrogen) atoms. The second-order valence-electron chi connectivity index (χ2n) is 6.11. The van der Waals surface area contributed by atoms with Gasteiger partial charge in [0, 0.05) is 18.2 Å². The monoisotopic (exact) mass is 283 g/mol. The number of hydrogen-bond acceptors (Lipinski definition) is 2. The standard InChI is InChI=1S/C19H25NO/c1-14(2)11-18(16-7-5-4-6-8-16)20-13-17-12-15(3)9-10-19(17)21/h4-10,12,14,18,20-21H,11,13H2,1-3H3. The van der Waals surface area contributed by atoms with Gasteiger partial charge in [-0.1, -0.05) is 61.9 Å². The van der Waals surface area contributed by atoms with Crippen molar-refractivity contribution in [3.05, 3.63) is 65.2 Å². The number of phenolic OH excluding ortho intramolecular Hbond substituents is 1. The van der Waals surface area contributed by atoms with E-state index in [2.05, 4.69) is 43.4 Å². The molecular weight excluding hydrogens is 258 g/mol. The fourth-order valence-electron chi connectivity index (χ4n) is 2.58. The molecule has 1 atom stereocenters. The summed E-state index contributed by atoms with van der Waals surface area (Å²) in [5.41, 5.74) is 3.43. The Bertz CT molecular complexity index is 563. The molecule has 2 aromatic rings. The van der Waals surface area contributed by atoms with Crippen LogP contribution in [-0.2, 0) is 6.54 Å². The van der Waals surface area contributed by atoms with Crippen molar-refractivity contribution in [2.24, 2.45) is 5.92 Å². The van der Waals surface area contributed by atoms with Crippen molar-refractivity contribution < 1.29 is 5.11 Å². The van der Waals surface area contributed by atoms with E-state index in [0.717, 1.165) is 12.0 Å². The number of aromatic hydroxyl groups is 1. The summed E-state index contributed by atoms with van der Waals surface area (Å²) in [4.78, 5) is 0. The molecule has 0 aliphatic carbocycles. The lowest BCUT2D eigenvalue weighted by Gasteiger charge is -2.21. The molecule has 2 aromatic carbocycles. The Morgan fingerprint density at radius 2 is 1.76 bits per heavy atom. The van der Waals surface area contributed by atoms with Crippen LogP contribution < -0.4 is 5.32 Å². The smallest absolute Gasteiger partial charge is 0.120 e. The van der Waals surface area contributed by atoms with Gasteiger partial charge in [-0.3, -0.25) is 0 Å². The van der Waals surface area contributed by atoms with E-state index >= 15 is 0 Å². The van der Waals surface area contributed by atoms with Gasteiger partial charge in [0.15, 0.2) is 0 Å². The topological polar surface area (TPSA) is 32.3 Å². The van der Waals surface area contributed by atoms with E-state index in [1.165, 1.54) is 11.1 Å². The van der Waals surface area contributed by atoms with Gasteiger partial charge in [0.25, 0.3) is 0 Å². The number of hydrogen-bond donors (Lipinski definition) is 2. The maximum absolute atomic E-state index is 9.96. The molecule has 0 spiro atoms. The van der Waals surface area contributed by atoms with Crippen LogP contribution in [0.3, 0.4) is 0 Å². The minimum Gasteiger partial charge on any atom is -0.508 e. The molecule has 112 valence electrons. The third-order valence-electron chi connectivity index (χ3n) is 3.68. The first kappa shape index (κ1) is 15.6. The third kappa shape index (κ3) is 4.61. The Labute approximate surface area is 127 Å². The van der Waals surface area contributed by atoms with E-state index in [1.807, 2.05) is 25.1 Å². The third-order valence-corrected chi connectivity index (χ3v) is 3.68. The molecule has 2 nitrogen and oxygen atoms in total. The average Bonchev–Trinajstić information content (AvgIpc) is 2.47. The van der Waals surface area contributed by atoms with Crippen LogP contribution in [0.1, 0.15) is 43.0 Å². The van der Waals surface area contributed by atoms with Gasteiger partial charge in [-0.15, -0.1) is 0 Å². The summed E-state index contributed by atoms with van der Waals surface area (Å²) < 4.78 is 0. The molecule has 0 aliphatic rings. The summed E-state index contributed by atoms with van der Waals surface area (Å²) in [5.74, 6) is 0.985. The number of rotatable bonds is 6. The summed E-state index contributed by atoms with van der Waals surface area (Å²) in [5, 5.41) is 13.6. The molecule has 0 saturated heterocycles. The molecule has 0 amide bonds. The van der Waals surface area contributed by atoms with Gasteiger partial charge in [0.1, 0.15) is 5.75 Å². The van der Waals surface area contributed by atoms with Crippen LogP contribution >= 0.6 is 0 Å². The van der Waals surface area contributed by atoms with Gasteiger partial charge in [-0.25, -0.2) is 0 Å². The van der Waals surface area contributed by atoms with E-state index < -0.39 is 0 Å². The van der Waals surface area contributed by atoms with E-state index in [1.54, 1.807) is 6.07 Å². The van der Waals surface area contributed by atoms with Crippen LogP contribution in [0.15, 0.2) is 48.5 Å². The molecule has 0 heterocycles. The zero-order chi connectivity index (χ0) is 15.2. The van der Waals surface area contributed by atoms with Gasteiger partial charge < -0.3 is 10.4 Å². The van der Waals surface area contributed by atoms with Crippen molar-refractivity contribution in [3.63, 3.8) is 0 Å². The van der Waals surface area contributed by atoms with Crippen molar-refractivity contribution in [2.45, 2.75) is 39.8 Å². The normalized spacial score (nSPS) is 12.6. The van der Waals surface area contributed by atoms with Crippen molar-refractivity contribution in [2.75, 3.05) is 0 Å². The Hall–Kier alpha value is -1.80. The summed E-state index contributed by atoms with van der Waals surface area (Å²) in [6, 6.07) is 16.6. The van der Waals surface area contributed by atoms with Crippen molar-refractivity contribution in [1.29, 1.82) is 0 Å². The zero-order valence-corrected chi connectivity index (χ0v) is 13.1. The maximum Gasteiger partial charge on any atom is 0.120 e. The highest BCUT2D eigenvalue weighted by Gasteiger charge is 2.13. The Kier molecular flexibility index (Phi) is 5.40. The average molecular weight is 283 g/mol. The van der Waals surface area contributed by atoms with Crippen LogP contribution in [0.25, 0.3) is 0 Å². The molecule has 0 aliphatic heterocycles. The van der Waals surface area contributed by atoms with E-state index in [9.17, 15) is 5.11 Å². The highest BCUT2D eigenvalue weighted by atomic mass is 16.3. The Morgan fingerprint density at radius 1 is 1.05 bits per heavy atom. The van der Waals surface area contributed by atoms with E-state index in [0.29, 0.717) is 24.3 Å². The van der Waals surface area contributed by atoms with Crippen LogP contribution in [0.4, 0.5) is 0 Å². The van der Waals surface area contributed by atoms with Crippen LogP contribution in [-0.4, -0.2) is 5.11 Å². The zero-order valence-electron chi connectivity index (χ0n) is 13.1. The SMILES string of the molecule is Cc1ccc(O)c(CNC(CC(C)C)c2ccccc2)c1. The highest BCUT2D eigenvalue weighted by Crippen LogP contribution is 2.24. The number of benzene rings is 2. The minimum absolute atomic E-state index is 0.311. The summed E-state index contributed by atoms with van der Waals surface area (Å²) in [6.45, 7) is 7.20. The second-order valence-corrected chi connectivity index (χ2v) is 6.11. The number of nitrogens with one attached hydrogen (secondary N) is 1. The van der Waals surface area contributed by atoms with Crippen molar-refractivity contribution >= 4 is 0 Å². The maximum atomic E-state index is 9.96. The number of phenols is 1. The molecule has 0 bridgehead atoms. The second kappa shape index (κ2) is 7.28. The van der Waals surface area contributed by atoms with Gasteiger partial charge in [0.05, 0.1) is 0 Å². The fourth-order valence-corrected chi connectivity index (χ4v) is 2.58. The van der Waals surface area contributed by atoms with Gasteiger partial charge in [-0.2, -0.15) is 0 Å². The first-order chi connectivity index (χ1) is 10.1.